The van der Waals surface area contributed by atoms with Gasteiger partial charge in [-0.15, -0.1) is 0 Å². The quantitative estimate of drug-likeness (QED) is 0.557. The zero-order valence-electron chi connectivity index (χ0n) is 15.9. The molecule has 0 aromatic carbocycles. The maximum absolute atomic E-state index is 6.95. The Morgan fingerprint density at radius 3 is 2.50 bits per heavy atom. The van der Waals surface area contributed by atoms with E-state index in [4.69, 9.17) is 4.74 Å². The van der Waals surface area contributed by atoms with Crippen molar-refractivity contribution in [2.75, 3.05) is 7.05 Å². The normalized spacial score (nSPS) is 39.6. The number of rotatable bonds is 0. The second kappa shape index (κ2) is 6.20. The first-order chi connectivity index (χ1) is 11.6. The standard InChI is InChI=1S/C22H35NO/c1-21(2)18-12-8-6-9-13-19(18)23(3)22(21)16-15-17-11-7-4-5-10-14-20(17)24-22/h15-16,18-19H,4-14H2,1-3H3. The van der Waals surface area contributed by atoms with Gasteiger partial charge in [0.15, 0.2) is 5.72 Å². The Hall–Kier alpha value is -0.760. The number of hydrogen-bond acceptors (Lipinski definition) is 2. The second-order valence-corrected chi connectivity index (χ2v) is 9.14. The van der Waals surface area contributed by atoms with Gasteiger partial charge < -0.3 is 4.74 Å². The predicted octanol–water partition coefficient (Wildman–Crippen LogP) is 5.80. The smallest absolute Gasteiger partial charge is 0.187 e. The van der Waals surface area contributed by atoms with Crippen LogP contribution in [0, 0.1) is 11.3 Å². The van der Waals surface area contributed by atoms with E-state index in [2.05, 4.69) is 37.9 Å². The lowest BCUT2D eigenvalue weighted by molar-refractivity contribution is -0.128. The van der Waals surface area contributed by atoms with E-state index >= 15 is 0 Å². The number of likely N-dealkylation sites (tertiary alicyclic amines) is 1. The molecule has 2 aliphatic carbocycles. The highest BCUT2D eigenvalue weighted by Crippen LogP contribution is 2.58. The molecule has 1 spiro atoms. The van der Waals surface area contributed by atoms with Crippen molar-refractivity contribution in [2.45, 2.75) is 96.2 Å². The lowest BCUT2D eigenvalue weighted by atomic mass is 9.70. The second-order valence-electron chi connectivity index (χ2n) is 9.14. The van der Waals surface area contributed by atoms with Crippen molar-refractivity contribution in [1.82, 2.24) is 4.90 Å². The van der Waals surface area contributed by atoms with Gasteiger partial charge >= 0.3 is 0 Å². The van der Waals surface area contributed by atoms with Crippen LogP contribution >= 0.6 is 0 Å². The first kappa shape index (κ1) is 16.7. The number of nitrogens with zero attached hydrogens (tertiary/aromatic N) is 1. The minimum absolute atomic E-state index is 0.175. The minimum Gasteiger partial charge on any atom is -0.472 e. The summed E-state index contributed by atoms with van der Waals surface area (Å²) in [5.41, 5.74) is 1.43. The zero-order chi connectivity index (χ0) is 16.8. The summed E-state index contributed by atoms with van der Waals surface area (Å²) in [5.74, 6) is 2.07. The molecule has 1 saturated carbocycles. The van der Waals surface area contributed by atoms with Crippen LogP contribution in [0.4, 0.5) is 0 Å². The third-order valence-electron chi connectivity index (χ3n) is 7.60. The summed E-state index contributed by atoms with van der Waals surface area (Å²) in [6.45, 7) is 4.94. The van der Waals surface area contributed by atoms with Crippen LogP contribution < -0.4 is 0 Å². The van der Waals surface area contributed by atoms with Crippen LogP contribution in [0.25, 0.3) is 0 Å². The molecule has 4 rings (SSSR count). The van der Waals surface area contributed by atoms with Crippen molar-refractivity contribution in [3.8, 4) is 0 Å². The molecule has 0 aromatic rings. The Kier molecular flexibility index (Phi) is 4.31. The van der Waals surface area contributed by atoms with E-state index in [9.17, 15) is 0 Å². The summed E-state index contributed by atoms with van der Waals surface area (Å²) in [6.07, 6.45) is 19.5. The molecule has 2 heterocycles. The molecule has 0 aromatic heterocycles. The van der Waals surface area contributed by atoms with Gasteiger partial charge in [0.1, 0.15) is 5.76 Å². The van der Waals surface area contributed by atoms with Gasteiger partial charge in [-0.25, -0.2) is 0 Å². The third kappa shape index (κ3) is 2.40. The Balaban J connectivity index is 1.68. The summed E-state index contributed by atoms with van der Waals surface area (Å²) in [4.78, 5) is 2.61. The molecule has 2 heteroatoms. The average molecular weight is 330 g/mol. The molecule has 2 aliphatic heterocycles. The summed E-state index contributed by atoms with van der Waals surface area (Å²) < 4.78 is 6.95. The molecule has 2 fully saturated rings. The highest BCUT2D eigenvalue weighted by Gasteiger charge is 2.63. The van der Waals surface area contributed by atoms with Crippen LogP contribution in [0.5, 0.6) is 0 Å². The number of allylic oxidation sites excluding steroid dienone is 3. The summed E-state index contributed by atoms with van der Waals surface area (Å²) in [5, 5.41) is 0. The molecular formula is C22H35NO. The fourth-order valence-corrected chi connectivity index (χ4v) is 6.08. The SMILES string of the molecule is CN1C2CCCCCC2C(C)(C)C12C=CC1=C(CCCCCC1)O2. The maximum atomic E-state index is 6.95. The van der Waals surface area contributed by atoms with E-state index in [1.807, 2.05) is 0 Å². The van der Waals surface area contributed by atoms with E-state index in [0.717, 1.165) is 12.3 Å². The van der Waals surface area contributed by atoms with Gasteiger partial charge in [-0.3, -0.25) is 4.90 Å². The molecular weight excluding hydrogens is 294 g/mol. The van der Waals surface area contributed by atoms with Crippen molar-refractivity contribution < 1.29 is 4.74 Å². The Bertz CT molecular complexity index is 546. The summed E-state index contributed by atoms with van der Waals surface area (Å²) >= 11 is 0. The highest BCUT2D eigenvalue weighted by molar-refractivity contribution is 5.33. The van der Waals surface area contributed by atoms with Crippen LogP contribution in [-0.2, 0) is 4.74 Å². The first-order valence-electron chi connectivity index (χ1n) is 10.4. The van der Waals surface area contributed by atoms with E-state index in [1.165, 1.54) is 75.5 Å². The Labute approximate surface area is 148 Å². The molecule has 0 bridgehead atoms. The van der Waals surface area contributed by atoms with Gasteiger partial charge in [-0.05, 0) is 56.7 Å². The van der Waals surface area contributed by atoms with E-state index in [-0.39, 0.29) is 11.1 Å². The molecule has 1 saturated heterocycles. The minimum atomic E-state index is -0.225. The van der Waals surface area contributed by atoms with Crippen molar-refractivity contribution in [3.05, 3.63) is 23.5 Å². The number of likely N-dealkylation sites (N-methyl/N-ethyl adjacent to an activating group) is 1. The fourth-order valence-electron chi connectivity index (χ4n) is 6.08. The van der Waals surface area contributed by atoms with Crippen LogP contribution in [0.15, 0.2) is 23.5 Å². The molecule has 0 amide bonds. The van der Waals surface area contributed by atoms with Crippen molar-refractivity contribution in [2.24, 2.45) is 11.3 Å². The Morgan fingerprint density at radius 2 is 1.67 bits per heavy atom. The van der Waals surface area contributed by atoms with E-state index in [0.29, 0.717) is 6.04 Å². The third-order valence-corrected chi connectivity index (χ3v) is 7.60. The monoisotopic (exact) mass is 329 g/mol. The van der Waals surface area contributed by atoms with Crippen LogP contribution in [0.3, 0.4) is 0 Å². The van der Waals surface area contributed by atoms with Gasteiger partial charge in [-0.1, -0.05) is 52.0 Å². The number of hydrogen-bond donors (Lipinski definition) is 0. The fraction of sp³-hybridized carbons (Fsp3) is 0.818. The maximum Gasteiger partial charge on any atom is 0.187 e. The predicted molar refractivity (Wildman–Crippen MR) is 99.6 cm³/mol. The molecule has 0 radical (unpaired) electrons. The average Bonchev–Trinajstić information content (AvgIpc) is 2.74. The number of fused-ring (bicyclic) bond motifs is 1. The van der Waals surface area contributed by atoms with Gasteiger partial charge in [-0.2, -0.15) is 0 Å². The lowest BCUT2D eigenvalue weighted by Gasteiger charge is -2.47. The van der Waals surface area contributed by atoms with Crippen molar-refractivity contribution >= 4 is 0 Å². The number of ether oxygens (including phenoxy) is 1. The lowest BCUT2D eigenvalue weighted by Crippen LogP contribution is -2.53. The van der Waals surface area contributed by atoms with Gasteiger partial charge in [0.2, 0.25) is 0 Å². The van der Waals surface area contributed by atoms with E-state index < -0.39 is 0 Å². The van der Waals surface area contributed by atoms with Crippen LogP contribution in [0.2, 0.25) is 0 Å². The topological polar surface area (TPSA) is 12.5 Å². The zero-order valence-corrected chi connectivity index (χ0v) is 15.9. The van der Waals surface area contributed by atoms with Gasteiger partial charge in [0, 0.05) is 17.9 Å². The summed E-state index contributed by atoms with van der Waals surface area (Å²) in [7, 11) is 2.33. The van der Waals surface area contributed by atoms with Crippen molar-refractivity contribution in [1.29, 1.82) is 0 Å². The van der Waals surface area contributed by atoms with E-state index in [1.54, 1.807) is 0 Å². The molecule has 3 unspecified atom stereocenters. The Morgan fingerprint density at radius 1 is 0.958 bits per heavy atom. The van der Waals surface area contributed by atoms with Gasteiger partial charge in [0.25, 0.3) is 0 Å². The molecule has 24 heavy (non-hydrogen) atoms. The molecule has 2 nitrogen and oxygen atoms in total. The molecule has 0 N–H and O–H groups in total. The van der Waals surface area contributed by atoms with Crippen LogP contribution in [-0.4, -0.2) is 23.7 Å². The molecule has 134 valence electrons. The first-order valence-corrected chi connectivity index (χ1v) is 10.4. The van der Waals surface area contributed by atoms with Crippen molar-refractivity contribution in [3.63, 3.8) is 0 Å². The van der Waals surface area contributed by atoms with Crippen LogP contribution in [0.1, 0.15) is 84.5 Å². The molecule has 4 aliphatic rings. The highest BCUT2D eigenvalue weighted by atomic mass is 16.5. The largest absolute Gasteiger partial charge is 0.472 e. The van der Waals surface area contributed by atoms with Gasteiger partial charge in [0.05, 0.1) is 0 Å². The molecule has 3 atom stereocenters. The summed E-state index contributed by atoms with van der Waals surface area (Å²) in [6, 6.07) is 0.683.